The molecule has 26 heavy (non-hydrogen) atoms. The van der Waals surface area contributed by atoms with E-state index in [0.717, 1.165) is 0 Å². The van der Waals surface area contributed by atoms with Crippen LogP contribution in [0.2, 0.25) is 0 Å². The summed E-state index contributed by atoms with van der Waals surface area (Å²) in [6.45, 7) is 0. The van der Waals surface area contributed by atoms with Crippen LogP contribution in [-0.4, -0.2) is 32.2 Å². The van der Waals surface area contributed by atoms with Crippen molar-refractivity contribution in [2.24, 2.45) is 0 Å². The van der Waals surface area contributed by atoms with Gasteiger partial charge >= 0.3 is 0 Å². The fourth-order valence-electron chi connectivity index (χ4n) is 2.78. The maximum absolute atomic E-state index is 12.3. The lowest BCUT2D eigenvalue weighted by atomic mass is 10.0. The summed E-state index contributed by atoms with van der Waals surface area (Å²) in [5.41, 5.74) is 1.86. The van der Waals surface area contributed by atoms with Crippen molar-refractivity contribution < 1.29 is 23.9 Å². The number of methoxy groups -OCH3 is 3. The summed E-state index contributed by atoms with van der Waals surface area (Å²) >= 11 is 0. The lowest BCUT2D eigenvalue weighted by Gasteiger charge is -2.13. The number of carbonyl (C=O) groups is 1. The van der Waals surface area contributed by atoms with Gasteiger partial charge in [-0.05, 0) is 29.8 Å². The molecule has 1 heterocycles. The number of nitrogens with one attached hydrogen (secondary N) is 1. The topological polar surface area (TPSA) is 99.9 Å². The van der Waals surface area contributed by atoms with Gasteiger partial charge < -0.3 is 19.5 Å². The molecular weight excluding hydrogens is 340 g/mol. The standard InChI is InChI=1S/C18H16N2O6/c1-24-15-7-10(8-16(25-2)17(15)26-3)6-13-12-9-11(20(22)23)4-5-14(12)19-18(13)21/h4-9H,1-3H3,(H,19,21). The van der Waals surface area contributed by atoms with Crippen molar-refractivity contribution in [2.45, 2.75) is 0 Å². The predicted octanol–water partition coefficient (Wildman–Crippen LogP) is 3.11. The third-order valence-corrected chi connectivity index (χ3v) is 4.00. The molecule has 0 radical (unpaired) electrons. The molecule has 0 spiro atoms. The number of fused-ring (bicyclic) bond motifs is 1. The van der Waals surface area contributed by atoms with Crippen molar-refractivity contribution >= 4 is 28.9 Å². The normalized spacial score (nSPS) is 14.0. The molecule has 0 bridgehead atoms. The first kappa shape index (κ1) is 17.3. The Morgan fingerprint density at radius 1 is 1.04 bits per heavy atom. The molecule has 1 aliphatic heterocycles. The molecule has 0 aromatic heterocycles. The molecule has 0 aliphatic carbocycles. The molecule has 1 N–H and O–H groups in total. The van der Waals surface area contributed by atoms with Gasteiger partial charge in [0.1, 0.15) is 0 Å². The van der Waals surface area contributed by atoms with Crippen LogP contribution < -0.4 is 19.5 Å². The Labute approximate surface area is 149 Å². The highest BCUT2D eigenvalue weighted by Crippen LogP contribution is 2.40. The van der Waals surface area contributed by atoms with E-state index in [1.807, 2.05) is 0 Å². The number of nitro benzene ring substituents is 1. The van der Waals surface area contributed by atoms with Gasteiger partial charge in [-0.1, -0.05) is 0 Å². The molecule has 2 aromatic carbocycles. The summed E-state index contributed by atoms with van der Waals surface area (Å²) < 4.78 is 15.9. The van der Waals surface area contributed by atoms with Crippen LogP contribution in [0.1, 0.15) is 11.1 Å². The third-order valence-electron chi connectivity index (χ3n) is 4.00. The quantitative estimate of drug-likeness (QED) is 0.502. The Morgan fingerprint density at radius 2 is 1.69 bits per heavy atom. The number of amides is 1. The number of nitro groups is 1. The fourth-order valence-corrected chi connectivity index (χ4v) is 2.78. The number of carbonyl (C=O) groups excluding carboxylic acids is 1. The van der Waals surface area contributed by atoms with Crippen LogP contribution >= 0.6 is 0 Å². The van der Waals surface area contributed by atoms with Crippen LogP contribution in [0.4, 0.5) is 11.4 Å². The molecule has 134 valence electrons. The average molecular weight is 356 g/mol. The van der Waals surface area contributed by atoms with E-state index in [9.17, 15) is 14.9 Å². The SMILES string of the molecule is COc1cc(C=C2C(=O)Nc3ccc([N+](=O)[O-])cc32)cc(OC)c1OC. The lowest BCUT2D eigenvalue weighted by molar-refractivity contribution is -0.384. The van der Waals surface area contributed by atoms with Gasteiger partial charge in [-0.2, -0.15) is 0 Å². The highest BCUT2D eigenvalue weighted by Gasteiger charge is 2.26. The Hall–Kier alpha value is -3.55. The van der Waals surface area contributed by atoms with E-state index < -0.39 is 4.92 Å². The summed E-state index contributed by atoms with van der Waals surface area (Å²) in [6.07, 6.45) is 1.62. The number of anilines is 1. The van der Waals surface area contributed by atoms with Crippen molar-refractivity contribution in [3.05, 3.63) is 51.6 Å². The van der Waals surface area contributed by atoms with Crippen LogP contribution in [0.15, 0.2) is 30.3 Å². The van der Waals surface area contributed by atoms with Crippen molar-refractivity contribution in [1.82, 2.24) is 0 Å². The molecular formula is C18H16N2O6. The van der Waals surface area contributed by atoms with Gasteiger partial charge in [0, 0.05) is 29.0 Å². The van der Waals surface area contributed by atoms with Crippen molar-refractivity contribution in [3.8, 4) is 17.2 Å². The van der Waals surface area contributed by atoms with Crippen molar-refractivity contribution in [1.29, 1.82) is 0 Å². The van der Waals surface area contributed by atoms with E-state index in [2.05, 4.69) is 5.32 Å². The van der Waals surface area contributed by atoms with Crippen LogP contribution in [0, 0.1) is 10.1 Å². The highest BCUT2D eigenvalue weighted by molar-refractivity contribution is 6.35. The zero-order valence-corrected chi connectivity index (χ0v) is 14.4. The molecule has 8 heteroatoms. The predicted molar refractivity (Wildman–Crippen MR) is 95.7 cm³/mol. The molecule has 0 fully saturated rings. The van der Waals surface area contributed by atoms with Crippen LogP contribution in [0.3, 0.4) is 0 Å². The second kappa shape index (κ2) is 6.75. The number of rotatable bonds is 5. The maximum Gasteiger partial charge on any atom is 0.270 e. The first-order chi connectivity index (χ1) is 12.5. The van der Waals surface area contributed by atoms with E-state index in [0.29, 0.717) is 39.6 Å². The number of hydrogen-bond donors (Lipinski definition) is 1. The second-order valence-corrected chi connectivity index (χ2v) is 5.46. The van der Waals surface area contributed by atoms with Crippen LogP contribution in [0.25, 0.3) is 11.6 Å². The van der Waals surface area contributed by atoms with Crippen molar-refractivity contribution in [2.75, 3.05) is 26.6 Å². The number of hydrogen-bond acceptors (Lipinski definition) is 6. The van der Waals surface area contributed by atoms with Gasteiger partial charge in [-0.15, -0.1) is 0 Å². The Bertz CT molecular complexity index is 910. The van der Waals surface area contributed by atoms with E-state index >= 15 is 0 Å². The van der Waals surface area contributed by atoms with Crippen molar-refractivity contribution in [3.63, 3.8) is 0 Å². The minimum atomic E-state index is -0.500. The highest BCUT2D eigenvalue weighted by atomic mass is 16.6. The molecule has 0 saturated carbocycles. The summed E-state index contributed by atoms with van der Waals surface area (Å²) in [4.78, 5) is 22.8. The fraction of sp³-hybridized carbons (Fsp3) is 0.167. The number of ether oxygens (including phenoxy) is 3. The van der Waals surface area contributed by atoms with Gasteiger partial charge in [0.15, 0.2) is 11.5 Å². The van der Waals surface area contributed by atoms with Gasteiger partial charge in [-0.25, -0.2) is 0 Å². The van der Waals surface area contributed by atoms with Gasteiger partial charge in [0.05, 0.1) is 26.3 Å². The van der Waals surface area contributed by atoms with Crippen LogP contribution in [0.5, 0.6) is 17.2 Å². The second-order valence-electron chi connectivity index (χ2n) is 5.46. The van der Waals surface area contributed by atoms with Gasteiger partial charge in [-0.3, -0.25) is 14.9 Å². The van der Waals surface area contributed by atoms with E-state index in [1.54, 1.807) is 18.2 Å². The smallest absolute Gasteiger partial charge is 0.270 e. The Balaban J connectivity index is 2.13. The minimum absolute atomic E-state index is 0.0870. The molecule has 1 amide bonds. The van der Waals surface area contributed by atoms with Crippen LogP contribution in [-0.2, 0) is 4.79 Å². The average Bonchev–Trinajstić information content (AvgIpc) is 2.95. The first-order valence-electron chi connectivity index (χ1n) is 7.60. The summed E-state index contributed by atoms with van der Waals surface area (Å²) in [7, 11) is 4.49. The largest absolute Gasteiger partial charge is 0.493 e. The van der Waals surface area contributed by atoms with E-state index in [-0.39, 0.29) is 11.6 Å². The first-order valence-corrected chi connectivity index (χ1v) is 7.60. The molecule has 1 aliphatic rings. The van der Waals surface area contributed by atoms with Gasteiger partial charge in [0.2, 0.25) is 5.75 Å². The molecule has 3 rings (SSSR count). The van der Waals surface area contributed by atoms with E-state index in [4.69, 9.17) is 14.2 Å². The molecule has 8 nitrogen and oxygen atoms in total. The Morgan fingerprint density at radius 3 is 2.23 bits per heavy atom. The Kier molecular flexibility index (Phi) is 4.49. The molecule has 0 atom stereocenters. The minimum Gasteiger partial charge on any atom is -0.493 e. The number of benzene rings is 2. The summed E-state index contributed by atoms with van der Waals surface area (Å²) in [5.74, 6) is 0.978. The third kappa shape index (κ3) is 2.92. The van der Waals surface area contributed by atoms with E-state index in [1.165, 1.54) is 39.5 Å². The summed E-state index contributed by atoms with van der Waals surface area (Å²) in [6, 6.07) is 7.62. The zero-order valence-electron chi connectivity index (χ0n) is 14.4. The molecule has 2 aromatic rings. The number of non-ortho nitro benzene ring substituents is 1. The lowest BCUT2D eigenvalue weighted by Crippen LogP contribution is -2.03. The number of nitrogens with zero attached hydrogens (tertiary/aromatic N) is 1. The maximum atomic E-state index is 12.3. The molecule has 0 unspecified atom stereocenters. The zero-order chi connectivity index (χ0) is 18.8. The summed E-state index contributed by atoms with van der Waals surface area (Å²) in [5, 5.41) is 13.7. The monoisotopic (exact) mass is 356 g/mol. The molecule has 0 saturated heterocycles. The van der Waals surface area contributed by atoms with Gasteiger partial charge in [0.25, 0.3) is 11.6 Å².